The lowest BCUT2D eigenvalue weighted by atomic mass is 9.79. The van der Waals surface area contributed by atoms with E-state index in [2.05, 4.69) is 199 Å². The van der Waals surface area contributed by atoms with Gasteiger partial charge in [-0.05, 0) is 389 Å². The second-order valence-electron chi connectivity index (χ2n) is 28.7. The average molecular weight is 1160 g/mol. The third kappa shape index (κ3) is 11.4. The second kappa shape index (κ2) is 22.3. The quantitative estimate of drug-likeness (QED) is 0.125. The van der Waals surface area contributed by atoms with Gasteiger partial charge in [-0.25, -0.2) is 8.78 Å². The summed E-state index contributed by atoms with van der Waals surface area (Å²) in [5.41, 5.74) is 42.6. The van der Waals surface area contributed by atoms with Crippen LogP contribution in [0.1, 0.15) is 253 Å². The zero-order valence-electron chi connectivity index (χ0n) is 57.1. The van der Waals surface area contributed by atoms with Crippen molar-refractivity contribution in [3.63, 3.8) is 0 Å². The van der Waals surface area contributed by atoms with E-state index in [0.29, 0.717) is 16.2 Å². The molecule has 5 atom stereocenters. The second-order valence-corrected chi connectivity index (χ2v) is 31.7. The Morgan fingerprint density at radius 1 is 0.321 bits per heavy atom. The predicted octanol–water partition coefficient (Wildman–Crippen LogP) is 23.2. The van der Waals surface area contributed by atoms with Crippen LogP contribution in [-0.2, 0) is 21.7 Å². The van der Waals surface area contributed by atoms with Gasteiger partial charge in [-0.2, -0.15) is 0 Å². The molecule has 0 radical (unpaired) electrons. The molecule has 4 saturated carbocycles. The third-order valence-electron chi connectivity index (χ3n) is 24.0. The number of rotatable bonds is 5. The van der Waals surface area contributed by atoms with Gasteiger partial charge in [0.05, 0.1) is 5.41 Å². The maximum absolute atomic E-state index is 13.6. The summed E-state index contributed by atoms with van der Waals surface area (Å²) in [7, 11) is 0. The van der Waals surface area contributed by atoms with Crippen molar-refractivity contribution in [2.24, 2.45) is 5.41 Å². The van der Waals surface area contributed by atoms with Crippen molar-refractivity contribution in [1.82, 2.24) is 0 Å². The topological polar surface area (TPSA) is 0 Å². The molecular formula is C76H108Cl2F2S. The van der Waals surface area contributed by atoms with E-state index in [-0.39, 0.29) is 11.8 Å². The van der Waals surface area contributed by atoms with E-state index >= 15 is 0 Å². The standard InChI is InChI=1S/C17H26.C15H20Cl2.C15H20F2.C15H22.C14H20S/c1-10-11(2)13(4)15(14(5)12(10)3)17(8)9-16(17,6)7;2*1-8-9(2)11(4)13(12(5)10(8)3)14(6)7-15(14,16)17;1-9-10(2)12(4)14(13(5)11(9)3)15(6)7-8-15;1-7-8(2)10(4)13(11(5)9(7)3)14-12(6)15-14/h9H2,1-8H3;2*7H2,1-6H3;7-8H2,1-6H3;12,14H,1-6H3. The van der Waals surface area contributed by atoms with Crippen LogP contribution in [0, 0.1) is 179 Å². The fraction of sp³-hybridized carbons (Fsp3) is 0.605. The zero-order valence-corrected chi connectivity index (χ0v) is 59.4. The zero-order chi connectivity index (χ0) is 62.2. The first-order valence-electron chi connectivity index (χ1n) is 30.5. The number of alkyl halides is 4. The van der Waals surface area contributed by atoms with E-state index in [9.17, 15) is 8.78 Å². The molecule has 0 spiro atoms. The molecule has 0 aromatic heterocycles. The lowest BCUT2D eigenvalue weighted by Crippen LogP contribution is -2.17. The first kappa shape index (κ1) is 67.0. The highest BCUT2D eigenvalue weighted by Gasteiger charge is 2.69. The minimum absolute atomic E-state index is 0.0103. The van der Waals surface area contributed by atoms with Gasteiger partial charge in [-0.1, -0.05) is 41.5 Å². The lowest BCUT2D eigenvalue weighted by molar-refractivity contribution is 0.0916. The SMILES string of the molecule is Cc1c(C)c(C)c(C2(C)CC2(C)C)c(C)c1C.Cc1c(C)c(C)c(C2(C)CC2(Cl)Cl)c(C)c1C.Cc1c(C)c(C)c(C2(C)CC2(F)F)c(C)c1C.Cc1c(C)c(C)c(C2(C)CC2)c(C)c1C.Cc1c(C)c(C)c(C2SC2C)c(C)c1C. The van der Waals surface area contributed by atoms with Crippen LogP contribution in [0.4, 0.5) is 8.78 Å². The van der Waals surface area contributed by atoms with Gasteiger partial charge in [0.25, 0.3) is 5.92 Å². The molecule has 0 bridgehead atoms. The van der Waals surface area contributed by atoms with Gasteiger partial charge < -0.3 is 0 Å². The molecule has 10 rings (SSSR count). The highest BCUT2D eigenvalue weighted by Crippen LogP contribution is 2.67. The Bertz CT molecular complexity index is 3010. The molecule has 5 aromatic carbocycles. The van der Waals surface area contributed by atoms with E-state index < -0.39 is 15.7 Å². The highest BCUT2D eigenvalue weighted by atomic mass is 35.5. The van der Waals surface area contributed by atoms with Gasteiger partial charge in [0, 0.05) is 22.3 Å². The Hall–Kier alpha value is -3.11. The van der Waals surface area contributed by atoms with Crippen molar-refractivity contribution >= 4 is 35.0 Å². The summed E-state index contributed by atoms with van der Waals surface area (Å²) in [6.07, 6.45) is 4.91. The van der Waals surface area contributed by atoms with Crippen LogP contribution >= 0.6 is 35.0 Å². The number of hydrogen-bond acceptors (Lipinski definition) is 1. The van der Waals surface area contributed by atoms with Gasteiger partial charge in [-0.15, -0.1) is 35.0 Å². The van der Waals surface area contributed by atoms with E-state index in [1.54, 1.807) is 23.6 Å². The summed E-state index contributed by atoms with van der Waals surface area (Å²) in [6.45, 7) is 71.1. The number of benzene rings is 5. The molecule has 81 heavy (non-hydrogen) atoms. The van der Waals surface area contributed by atoms with Crippen LogP contribution in [0.25, 0.3) is 0 Å². The van der Waals surface area contributed by atoms with Crippen LogP contribution in [0.3, 0.4) is 0 Å². The van der Waals surface area contributed by atoms with Crippen LogP contribution in [0.5, 0.6) is 0 Å². The van der Waals surface area contributed by atoms with E-state index in [1.165, 1.54) is 142 Å². The molecule has 446 valence electrons. The monoisotopic (exact) mass is 1160 g/mol. The largest absolute Gasteiger partial charge is 0.258 e. The maximum Gasteiger partial charge on any atom is 0.258 e. The molecule has 1 aliphatic heterocycles. The van der Waals surface area contributed by atoms with Crippen LogP contribution in [-0.4, -0.2) is 15.5 Å². The number of thioether (sulfide) groups is 1. The van der Waals surface area contributed by atoms with E-state index in [0.717, 1.165) is 44.7 Å². The van der Waals surface area contributed by atoms with Crippen molar-refractivity contribution < 1.29 is 8.78 Å². The van der Waals surface area contributed by atoms with Gasteiger partial charge in [0.15, 0.2) is 0 Å². The molecule has 5 unspecified atom stereocenters. The summed E-state index contributed by atoms with van der Waals surface area (Å²) in [4.78, 5) is 0. The molecular weight excluding hydrogens is 1050 g/mol. The Morgan fingerprint density at radius 3 is 0.716 bits per heavy atom. The highest BCUT2D eigenvalue weighted by molar-refractivity contribution is 8.07. The average Bonchev–Trinajstić information content (AvgIpc) is 4.49. The fourth-order valence-electron chi connectivity index (χ4n) is 14.9. The van der Waals surface area contributed by atoms with E-state index in [4.69, 9.17) is 23.2 Å². The summed E-state index contributed by atoms with van der Waals surface area (Å²) >= 11 is 14.8. The minimum atomic E-state index is -2.53. The van der Waals surface area contributed by atoms with Crippen LogP contribution in [0.2, 0.25) is 0 Å². The molecule has 5 heteroatoms. The summed E-state index contributed by atoms with van der Waals surface area (Å²) < 4.78 is 26.6. The molecule has 4 aliphatic carbocycles. The lowest BCUT2D eigenvalue weighted by Gasteiger charge is -2.25. The third-order valence-corrected chi connectivity index (χ3v) is 26.4. The molecule has 5 aromatic rings. The fourth-order valence-corrected chi connectivity index (χ4v) is 16.6. The van der Waals surface area contributed by atoms with Crippen molar-refractivity contribution in [1.29, 1.82) is 0 Å². The molecule has 0 N–H and O–H groups in total. The molecule has 5 fully saturated rings. The van der Waals surface area contributed by atoms with Gasteiger partial charge in [0.2, 0.25) is 0 Å². The Morgan fingerprint density at radius 2 is 0.519 bits per heavy atom. The van der Waals surface area contributed by atoms with Crippen LogP contribution in [0.15, 0.2) is 0 Å². The summed E-state index contributed by atoms with van der Waals surface area (Å²) in [5, 5.41) is 1.59. The normalized spacial score (nSPS) is 24.3. The van der Waals surface area contributed by atoms with Gasteiger partial charge >= 0.3 is 0 Å². The van der Waals surface area contributed by atoms with Crippen molar-refractivity contribution in [2.75, 3.05) is 0 Å². The molecule has 1 saturated heterocycles. The Kier molecular flexibility index (Phi) is 18.5. The smallest absolute Gasteiger partial charge is 0.206 e. The van der Waals surface area contributed by atoms with E-state index in [1.807, 2.05) is 27.7 Å². The maximum atomic E-state index is 13.6. The minimum Gasteiger partial charge on any atom is -0.206 e. The first-order valence-corrected chi connectivity index (χ1v) is 32.2. The molecule has 5 aliphatic rings. The Labute approximate surface area is 509 Å². The van der Waals surface area contributed by atoms with Crippen molar-refractivity contribution in [3.8, 4) is 0 Å². The van der Waals surface area contributed by atoms with Gasteiger partial charge in [-0.3, -0.25) is 0 Å². The molecule has 1 heterocycles. The summed E-state index contributed by atoms with van der Waals surface area (Å²) in [5.74, 6) is -2.53. The Balaban J connectivity index is 0.000000163. The van der Waals surface area contributed by atoms with Crippen molar-refractivity contribution in [3.05, 3.63) is 167 Å². The van der Waals surface area contributed by atoms with Gasteiger partial charge in [0.1, 0.15) is 4.33 Å². The predicted molar refractivity (Wildman–Crippen MR) is 356 cm³/mol. The number of halogens is 4. The van der Waals surface area contributed by atoms with Crippen LogP contribution < -0.4 is 0 Å². The van der Waals surface area contributed by atoms with Crippen molar-refractivity contribution in [2.45, 2.75) is 296 Å². The first-order chi connectivity index (χ1) is 36.7. The molecule has 0 nitrogen and oxygen atoms in total. The number of hydrogen-bond donors (Lipinski definition) is 0. The molecule has 0 amide bonds. The summed E-state index contributed by atoms with van der Waals surface area (Å²) in [6, 6.07) is 0.